The highest BCUT2D eigenvalue weighted by Crippen LogP contribution is 2.21. The molecular formula is C22H19N7O2S. The molecule has 0 fully saturated rings. The summed E-state index contributed by atoms with van der Waals surface area (Å²) in [5, 5.41) is 12.2. The Balaban J connectivity index is 1.42. The van der Waals surface area contributed by atoms with Crippen molar-refractivity contribution in [2.45, 2.75) is 24.8 Å². The van der Waals surface area contributed by atoms with Gasteiger partial charge in [-0.25, -0.2) is 4.98 Å². The number of aryl methyl sites for hydroxylation is 1. The van der Waals surface area contributed by atoms with E-state index in [1.165, 1.54) is 16.5 Å². The molecule has 5 rings (SSSR count). The van der Waals surface area contributed by atoms with Gasteiger partial charge in [-0.1, -0.05) is 29.4 Å². The standard InChI is InChI=1S/C22H19N7O2S/c1-3-14-4-8-16(9-5-14)29-21-19(25-27-29)22(30)28(13-23-21)12-18-24-20(26-31-18)15-6-10-17(32-2)11-7-15/h4-11,13H,3,12H2,1-2H3. The topological polar surface area (TPSA) is 105 Å². The highest BCUT2D eigenvalue weighted by molar-refractivity contribution is 7.98. The molecule has 0 spiro atoms. The van der Waals surface area contributed by atoms with Gasteiger partial charge in [0.1, 0.15) is 12.9 Å². The average Bonchev–Trinajstić information content (AvgIpc) is 3.49. The van der Waals surface area contributed by atoms with E-state index in [0.29, 0.717) is 17.4 Å². The fourth-order valence-corrected chi connectivity index (χ4v) is 3.73. The van der Waals surface area contributed by atoms with Crippen LogP contribution in [0.15, 0.2) is 69.1 Å². The molecule has 160 valence electrons. The molecule has 3 heterocycles. The van der Waals surface area contributed by atoms with Crippen LogP contribution < -0.4 is 5.56 Å². The number of aromatic nitrogens is 7. The van der Waals surface area contributed by atoms with Crippen LogP contribution in [0.3, 0.4) is 0 Å². The minimum Gasteiger partial charge on any atom is -0.337 e. The van der Waals surface area contributed by atoms with E-state index < -0.39 is 0 Å². The van der Waals surface area contributed by atoms with Crippen molar-refractivity contribution in [2.75, 3.05) is 6.26 Å². The molecule has 0 atom stereocenters. The largest absolute Gasteiger partial charge is 0.337 e. The molecule has 0 N–H and O–H groups in total. The summed E-state index contributed by atoms with van der Waals surface area (Å²) < 4.78 is 8.29. The van der Waals surface area contributed by atoms with Gasteiger partial charge >= 0.3 is 0 Å². The lowest BCUT2D eigenvalue weighted by atomic mass is 10.1. The second-order valence-corrected chi connectivity index (χ2v) is 7.99. The van der Waals surface area contributed by atoms with Crippen molar-refractivity contribution in [3.63, 3.8) is 0 Å². The van der Waals surface area contributed by atoms with Crippen LogP contribution in [0.5, 0.6) is 0 Å². The predicted octanol–water partition coefficient (Wildman–Crippen LogP) is 3.36. The number of thioether (sulfide) groups is 1. The van der Waals surface area contributed by atoms with Gasteiger partial charge in [0, 0.05) is 10.5 Å². The maximum Gasteiger partial charge on any atom is 0.284 e. The van der Waals surface area contributed by atoms with Crippen LogP contribution in [0.25, 0.3) is 28.2 Å². The third-order valence-corrected chi connectivity index (χ3v) is 5.88. The van der Waals surface area contributed by atoms with Crippen LogP contribution in [-0.2, 0) is 13.0 Å². The molecule has 0 radical (unpaired) electrons. The zero-order valence-electron chi connectivity index (χ0n) is 17.5. The first kappa shape index (κ1) is 20.1. The zero-order chi connectivity index (χ0) is 22.1. The summed E-state index contributed by atoms with van der Waals surface area (Å²) in [6.07, 6.45) is 4.41. The average molecular weight is 446 g/mol. The molecule has 0 bridgehead atoms. The van der Waals surface area contributed by atoms with Crippen molar-refractivity contribution >= 4 is 22.9 Å². The van der Waals surface area contributed by atoms with Gasteiger partial charge in [-0.15, -0.1) is 16.9 Å². The van der Waals surface area contributed by atoms with E-state index >= 15 is 0 Å². The Hall–Kier alpha value is -3.79. The van der Waals surface area contributed by atoms with E-state index in [1.54, 1.807) is 16.4 Å². The lowest BCUT2D eigenvalue weighted by molar-refractivity contribution is 0.369. The fraction of sp³-hybridized carbons (Fsp3) is 0.182. The molecule has 0 aliphatic heterocycles. The highest BCUT2D eigenvalue weighted by Gasteiger charge is 2.16. The SMILES string of the molecule is CCc1ccc(-n2nnc3c(=O)n(Cc4nc(-c5ccc(SC)cc5)no4)cnc32)cc1. The lowest BCUT2D eigenvalue weighted by Gasteiger charge is -2.04. The number of hydrogen-bond donors (Lipinski definition) is 0. The lowest BCUT2D eigenvalue weighted by Crippen LogP contribution is -2.21. The number of nitrogens with zero attached hydrogens (tertiary/aromatic N) is 7. The summed E-state index contributed by atoms with van der Waals surface area (Å²) in [5.41, 5.74) is 3.11. The summed E-state index contributed by atoms with van der Waals surface area (Å²) in [7, 11) is 0. The molecule has 9 nitrogen and oxygen atoms in total. The van der Waals surface area contributed by atoms with E-state index in [4.69, 9.17) is 4.52 Å². The van der Waals surface area contributed by atoms with Gasteiger partial charge < -0.3 is 4.52 Å². The predicted molar refractivity (Wildman–Crippen MR) is 121 cm³/mol. The first-order valence-electron chi connectivity index (χ1n) is 10.0. The molecule has 32 heavy (non-hydrogen) atoms. The van der Waals surface area contributed by atoms with Crippen LogP contribution in [-0.4, -0.2) is 40.9 Å². The number of hydrogen-bond acceptors (Lipinski definition) is 8. The first-order valence-corrected chi connectivity index (χ1v) is 11.3. The van der Waals surface area contributed by atoms with E-state index in [9.17, 15) is 4.79 Å². The second kappa shape index (κ2) is 8.39. The molecule has 0 aliphatic carbocycles. The Kier molecular flexibility index (Phi) is 5.28. The van der Waals surface area contributed by atoms with Crippen molar-refractivity contribution in [3.05, 3.63) is 76.7 Å². The maximum atomic E-state index is 12.9. The minimum absolute atomic E-state index is 0.0930. The van der Waals surface area contributed by atoms with E-state index in [1.807, 2.05) is 54.8 Å². The van der Waals surface area contributed by atoms with Crippen molar-refractivity contribution in [1.29, 1.82) is 0 Å². The summed E-state index contributed by atoms with van der Waals surface area (Å²) in [5.74, 6) is 0.774. The number of rotatable bonds is 6. The summed E-state index contributed by atoms with van der Waals surface area (Å²) in [6.45, 7) is 2.19. The fourth-order valence-electron chi connectivity index (χ4n) is 3.33. The Labute approximate surface area is 187 Å². The minimum atomic E-state index is -0.324. The smallest absolute Gasteiger partial charge is 0.284 e. The molecular weight excluding hydrogens is 426 g/mol. The van der Waals surface area contributed by atoms with Gasteiger partial charge in [0.25, 0.3) is 5.56 Å². The molecule has 10 heteroatoms. The Morgan fingerprint density at radius 3 is 2.56 bits per heavy atom. The van der Waals surface area contributed by atoms with Gasteiger partial charge in [-0.05, 0) is 54.6 Å². The molecule has 0 unspecified atom stereocenters. The normalized spacial score (nSPS) is 11.3. The quantitative estimate of drug-likeness (QED) is 0.367. The molecule has 5 aromatic rings. The van der Waals surface area contributed by atoms with Gasteiger partial charge in [-0.3, -0.25) is 9.36 Å². The summed E-state index contributed by atoms with van der Waals surface area (Å²) in [4.78, 5) is 22.9. The van der Waals surface area contributed by atoms with Crippen molar-refractivity contribution in [1.82, 2.24) is 34.7 Å². The van der Waals surface area contributed by atoms with Gasteiger partial charge in [0.15, 0.2) is 11.2 Å². The van der Waals surface area contributed by atoms with Crippen molar-refractivity contribution in [3.8, 4) is 17.1 Å². The van der Waals surface area contributed by atoms with Gasteiger partial charge in [-0.2, -0.15) is 9.67 Å². The maximum absolute atomic E-state index is 12.9. The summed E-state index contributed by atoms with van der Waals surface area (Å²) >= 11 is 1.66. The molecule has 0 saturated carbocycles. The first-order chi connectivity index (χ1) is 15.7. The van der Waals surface area contributed by atoms with Crippen LogP contribution in [0, 0.1) is 0 Å². The van der Waals surface area contributed by atoms with E-state index in [2.05, 4.69) is 32.4 Å². The molecule has 0 amide bonds. The number of benzene rings is 2. The molecule has 0 aliphatic rings. The second-order valence-electron chi connectivity index (χ2n) is 7.11. The van der Waals surface area contributed by atoms with Crippen molar-refractivity contribution in [2.24, 2.45) is 0 Å². The monoisotopic (exact) mass is 445 g/mol. The van der Waals surface area contributed by atoms with Crippen LogP contribution in [0.2, 0.25) is 0 Å². The highest BCUT2D eigenvalue weighted by atomic mass is 32.2. The number of fused-ring (bicyclic) bond motifs is 1. The Bertz CT molecular complexity index is 1440. The van der Waals surface area contributed by atoms with E-state index in [0.717, 1.165) is 22.6 Å². The van der Waals surface area contributed by atoms with Gasteiger partial charge in [0.2, 0.25) is 11.7 Å². The third kappa shape index (κ3) is 3.69. The van der Waals surface area contributed by atoms with Crippen LogP contribution >= 0.6 is 11.8 Å². The molecule has 3 aromatic heterocycles. The molecule has 2 aromatic carbocycles. The Morgan fingerprint density at radius 1 is 1.06 bits per heavy atom. The van der Waals surface area contributed by atoms with Crippen LogP contribution in [0.1, 0.15) is 18.4 Å². The zero-order valence-corrected chi connectivity index (χ0v) is 18.3. The van der Waals surface area contributed by atoms with Crippen LogP contribution in [0.4, 0.5) is 0 Å². The van der Waals surface area contributed by atoms with Gasteiger partial charge in [0.05, 0.1) is 5.69 Å². The van der Waals surface area contributed by atoms with Crippen molar-refractivity contribution < 1.29 is 4.52 Å². The molecule has 0 saturated heterocycles. The third-order valence-electron chi connectivity index (χ3n) is 5.14. The Morgan fingerprint density at radius 2 is 1.84 bits per heavy atom. The summed E-state index contributed by atoms with van der Waals surface area (Å²) in [6, 6.07) is 15.8. The van der Waals surface area contributed by atoms with E-state index in [-0.39, 0.29) is 17.6 Å².